The van der Waals surface area contributed by atoms with E-state index in [9.17, 15) is 4.79 Å². The highest BCUT2D eigenvalue weighted by molar-refractivity contribution is 7.13. The molecule has 1 rings (SSSR count). The van der Waals surface area contributed by atoms with Crippen LogP contribution in [0.1, 0.15) is 19.0 Å². The lowest BCUT2D eigenvalue weighted by Crippen LogP contribution is -2.28. The van der Waals surface area contributed by atoms with E-state index >= 15 is 0 Å². The largest absolute Gasteiger partial charge is 0.383 e. The summed E-state index contributed by atoms with van der Waals surface area (Å²) in [5, 5.41) is 8.81. The highest BCUT2D eigenvalue weighted by Gasteiger charge is 2.02. The van der Waals surface area contributed by atoms with Crippen molar-refractivity contribution in [3.8, 4) is 0 Å². The van der Waals surface area contributed by atoms with Crippen molar-refractivity contribution in [1.29, 1.82) is 0 Å². The molecule has 0 bridgehead atoms. The van der Waals surface area contributed by atoms with Crippen molar-refractivity contribution in [2.45, 2.75) is 19.8 Å². The molecule has 1 aromatic rings. The second-order valence-corrected chi connectivity index (χ2v) is 4.38. The number of carbonyl (C=O) groups excluding carboxylic acids is 1. The number of anilines is 1. The van der Waals surface area contributed by atoms with E-state index in [0.717, 1.165) is 17.2 Å². The van der Waals surface area contributed by atoms with E-state index in [0.29, 0.717) is 26.1 Å². The molecule has 0 aliphatic rings. The molecule has 96 valence electrons. The zero-order valence-electron chi connectivity index (χ0n) is 10.3. The number of methoxy groups -OCH3 is 1. The fourth-order valence-corrected chi connectivity index (χ4v) is 2.04. The van der Waals surface area contributed by atoms with Crippen LogP contribution in [0.4, 0.5) is 5.13 Å². The van der Waals surface area contributed by atoms with E-state index in [4.69, 9.17) is 4.74 Å². The summed E-state index contributed by atoms with van der Waals surface area (Å²) in [7, 11) is 1.61. The fourth-order valence-electron chi connectivity index (χ4n) is 1.21. The van der Waals surface area contributed by atoms with Crippen LogP contribution in [0.2, 0.25) is 0 Å². The van der Waals surface area contributed by atoms with Crippen molar-refractivity contribution in [3.05, 3.63) is 11.1 Å². The van der Waals surface area contributed by atoms with Gasteiger partial charge >= 0.3 is 0 Å². The van der Waals surface area contributed by atoms with Crippen LogP contribution < -0.4 is 10.6 Å². The Kier molecular flexibility index (Phi) is 6.57. The molecule has 0 spiro atoms. The molecule has 0 atom stereocenters. The van der Waals surface area contributed by atoms with Gasteiger partial charge in [-0.15, -0.1) is 11.3 Å². The number of hydrogen-bond acceptors (Lipinski definition) is 5. The van der Waals surface area contributed by atoms with Crippen molar-refractivity contribution >= 4 is 22.4 Å². The third-order valence-corrected chi connectivity index (χ3v) is 3.02. The standard InChI is InChI=1S/C11H19N3O2S/c1-3-9-8-17-11(14-9)13-5-4-10(15)12-6-7-16-2/h8H,3-7H2,1-2H3,(H,12,15)(H,13,14). The van der Waals surface area contributed by atoms with Crippen LogP contribution in [0.5, 0.6) is 0 Å². The minimum Gasteiger partial charge on any atom is -0.383 e. The second kappa shape index (κ2) is 8.03. The Morgan fingerprint density at radius 2 is 2.35 bits per heavy atom. The van der Waals surface area contributed by atoms with Crippen LogP contribution in [0.3, 0.4) is 0 Å². The van der Waals surface area contributed by atoms with Gasteiger partial charge in [-0.25, -0.2) is 4.98 Å². The molecular formula is C11H19N3O2S. The van der Waals surface area contributed by atoms with Crippen LogP contribution in [-0.4, -0.2) is 37.7 Å². The van der Waals surface area contributed by atoms with Crippen molar-refractivity contribution in [3.63, 3.8) is 0 Å². The Balaban J connectivity index is 2.12. The first kappa shape index (κ1) is 13.9. The molecule has 0 unspecified atom stereocenters. The molecule has 0 aliphatic heterocycles. The fraction of sp³-hybridized carbons (Fsp3) is 0.636. The van der Waals surface area contributed by atoms with E-state index in [1.165, 1.54) is 0 Å². The van der Waals surface area contributed by atoms with Gasteiger partial charge in [-0.1, -0.05) is 6.92 Å². The molecule has 0 aromatic carbocycles. The number of rotatable bonds is 8. The molecule has 0 fully saturated rings. The van der Waals surface area contributed by atoms with Gasteiger partial charge in [-0.05, 0) is 6.42 Å². The van der Waals surface area contributed by atoms with Gasteiger partial charge in [0.25, 0.3) is 0 Å². The first-order chi connectivity index (χ1) is 8.26. The molecule has 0 saturated carbocycles. The van der Waals surface area contributed by atoms with Crippen molar-refractivity contribution in [1.82, 2.24) is 10.3 Å². The van der Waals surface area contributed by atoms with Crippen LogP contribution in [-0.2, 0) is 16.0 Å². The molecule has 1 aromatic heterocycles. The number of amides is 1. The normalized spacial score (nSPS) is 10.2. The zero-order chi connectivity index (χ0) is 12.5. The van der Waals surface area contributed by atoms with Crippen LogP contribution >= 0.6 is 11.3 Å². The Labute approximate surface area is 106 Å². The molecule has 17 heavy (non-hydrogen) atoms. The summed E-state index contributed by atoms with van der Waals surface area (Å²) in [5.41, 5.74) is 1.09. The Hall–Kier alpha value is -1.14. The van der Waals surface area contributed by atoms with Gasteiger partial charge in [0, 0.05) is 32.0 Å². The maximum Gasteiger partial charge on any atom is 0.221 e. The molecular weight excluding hydrogens is 238 g/mol. The van der Waals surface area contributed by atoms with E-state index < -0.39 is 0 Å². The van der Waals surface area contributed by atoms with Gasteiger partial charge in [0.2, 0.25) is 5.91 Å². The summed E-state index contributed by atoms with van der Waals surface area (Å²) >= 11 is 1.57. The van der Waals surface area contributed by atoms with E-state index in [1.807, 2.05) is 5.38 Å². The monoisotopic (exact) mass is 257 g/mol. The van der Waals surface area contributed by atoms with Crippen molar-refractivity contribution < 1.29 is 9.53 Å². The highest BCUT2D eigenvalue weighted by Crippen LogP contribution is 2.15. The molecule has 1 heterocycles. The lowest BCUT2D eigenvalue weighted by atomic mass is 10.4. The van der Waals surface area contributed by atoms with Gasteiger partial charge in [-0.3, -0.25) is 4.79 Å². The lowest BCUT2D eigenvalue weighted by Gasteiger charge is -2.04. The Morgan fingerprint density at radius 3 is 3.00 bits per heavy atom. The number of hydrogen-bond donors (Lipinski definition) is 2. The van der Waals surface area contributed by atoms with Crippen LogP contribution in [0.25, 0.3) is 0 Å². The topological polar surface area (TPSA) is 63.2 Å². The number of carbonyl (C=O) groups is 1. The highest BCUT2D eigenvalue weighted by atomic mass is 32.1. The maximum absolute atomic E-state index is 11.3. The molecule has 2 N–H and O–H groups in total. The summed E-state index contributed by atoms with van der Waals surface area (Å²) in [4.78, 5) is 15.7. The Morgan fingerprint density at radius 1 is 1.53 bits per heavy atom. The predicted molar refractivity (Wildman–Crippen MR) is 69.5 cm³/mol. The first-order valence-electron chi connectivity index (χ1n) is 5.70. The van der Waals surface area contributed by atoms with Crippen molar-refractivity contribution in [2.24, 2.45) is 0 Å². The maximum atomic E-state index is 11.3. The van der Waals surface area contributed by atoms with Gasteiger partial charge in [0.05, 0.1) is 12.3 Å². The SMILES string of the molecule is CCc1csc(NCCC(=O)NCCOC)n1. The van der Waals surface area contributed by atoms with E-state index in [2.05, 4.69) is 22.5 Å². The molecule has 0 saturated heterocycles. The van der Waals surface area contributed by atoms with Gasteiger partial charge in [0.15, 0.2) is 5.13 Å². The van der Waals surface area contributed by atoms with Crippen LogP contribution in [0.15, 0.2) is 5.38 Å². The van der Waals surface area contributed by atoms with Crippen LogP contribution in [0, 0.1) is 0 Å². The van der Waals surface area contributed by atoms with Gasteiger partial charge in [-0.2, -0.15) is 0 Å². The molecule has 0 aliphatic carbocycles. The number of thiazole rings is 1. The number of aromatic nitrogens is 1. The summed E-state index contributed by atoms with van der Waals surface area (Å²) in [6, 6.07) is 0. The van der Waals surface area contributed by atoms with E-state index in [1.54, 1.807) is 18.4 Å². The molecule has 6 heteroatoms. The quantitative estimate of drug-likeness (QED) is 0.688. The smallest absolute Gasteiger partial charge is 0.221 e. The van der Waals surface area contributed by atoms with Gasteiger partial charge < -0.3 is 15.4 Å². The number of aryl methyl sites for hydroxylation is 1. The number of ether oxygens (including phenoxy) is 1. The Bertz CT molecular complexity index is 341. The number of nitrogens with zero attached hydrogens (tertiary/aromatic N) is 1. The summed E-state index contributed by atoms with van der Waals surface area (Å²) < 4.78 is 4.84. The van der Waals surface area contributed by atoms with Gasteiger partial charge in [0.1, 0.15) is 0 Å². The minimum absolute atomic E-state index is 0.0295. The van der Waals surface area contributed by atoms with Crippen molar-refractivity contribution in [2.75, 3.05) is 32.1 Å². The lowest BCUT2D eigenvalue weighted by molar-refractivity contribution is -0.121. The average molecular weight is 257 g/mol. The molecule has 0 radical (unpaired) electrons. The summed E-state index contributed by atoms with van der Waals surface area (Å²) in [6.45, 7) is 3.79. The summed E-state index contributed by atoms with van der Waals surface area (Å²) in [6.07, 6.45) is 1.39. The second-order valence-electron chi connectivity index (χ2n) is 3.52. The molecule has 1 amide bonds. The van der Waals surface area contributed by atoms with E-state index in [-0.39, 0.29) is 5.91 Å². The third kappa shape index (κ3) is 5.65. The summed E-state index contributed by atoms with van der Waals surface area (Å²) in [5.74, 6) is 0.0295. The predicted octanol–water partition coefficient (Wildman–Crippen LogP) is 1.27. The third-order valence-electron chi connectivity index (χ3n) is 2.17. The minimum atomic E-state index is 0.0295. The first-order valence-corrected chi connectivity index (χ1v) is 6.58. The number of nitrogens with one attached hydrogen (secondary N) is 2. The zero-order valence-corrected chi connectivity index (χ0v) is 11.1. The average Bonchev–Trinajstić information content (AvgIpc) is 2.77. The molecule has 5 nitrogen and oxygen atoms in total.